The Kier molecular flexibility index (Phi) is 5.18. The Morgan fingerprint density at radius 3 is 2.73 bits per heavy atom. The molecule has 1 aromatic heterocycles. The van der Waals surface area contributed by atoms with E-state index < -0.39 is 15.2 Å². The first-order valence-electron chi connectivity index (χ1n) is 7.68. The van der Waals surface area contributed by atoms with Crippen molar-refractivity contribution in [3.8, 4) is 6.07 Å². The Labute approximate surface area is 134 Å². The maximum atomic E-state index is 9.26. The predicted octanol–water partition coefficient (Wildman–Crippen LogP) is 2.19. The number of nitriles is 1. The molecule has 1 saturated heterocycles. The highest BCUT2D eigenvalue weighted by Gasteiger charge is 2.39. The van der Waals surface area contributed by atoms with E-state index >= 15 is 0 Å². The second kappa shape index (κ2) is 6.59. The Balaban J connectivity index is 1.96. The highest BCUT2D eigenvalue weighted by atomic mass is 28.3. The van der Waals surface area contributed by atoms with E-state index in [2.05, 4.69) is 25.7 Å². The molecule has 0 unspecified atom stereocenters. The van der Waals surface area contributed by atoms with Crippen LogP contribution in [0, 0.1) is 11.3 Å². The lowest BCUT2D eigenvalue weighted by Gasteiger charge is -2.15. The van der Waals surface area contributed by atoms with Crippen LogP contribution in [0.5, 0.6) is 0 Å². The van der Waals surface area contributed by atoms with E-state index in [9.17, 15) is 5.26 Å². The van der Waals surface area contributed by atoms with Gasteiger partial charge in [-0.25, -0.2) is 0 Å². The molecule has 7 heteroatoms. The summed E-state index contributed by atoms with van der Waals surface area (Å²) in [6, 6.07) is 5.13. The molecule has 1 fully saturated rings. The predicted molar refractivity (Wildman–Crippen MR) is 89.8 cm³/mol. The molecule has 0 N–H and O–H groups in total. The van der Waals surface area contributed by atoms with Crippen LogP contribution in [0.15, 0.2) is 12.3 Å². The van der Waals surface area contributed by atoms with E-state index in [-0.39, 0.29) is 5.60 Å². The number of aromatic nitrogens is 1. The summed E-state index contributed by atoms with van der Waals surface area (Å²) in [5.74, 6) is 0. The van der Waals surface area contributed by atoms with Crippen molar-refractivity contribution in [2.75, 3.05) is 13.2 Å². The average Bonchev–Trinajstić information content (AvgIpc) is 2.96. The van der Waals surface area contributed by atoms with Crippen molar-refractivity contribution in [3.05, 3.63) is 18.0 Å². The van der Waals surface area contributed by atoms with Gasteiger partial charge in [-0.15, -0.1) is 0 Å². The smallest absolute Gasteiger partial charge is 0.404 e. The number of nitrogens with zero attached hydrogens (tertiary/aromatic N) is 2. The van der Waals surface area contributed by atoms with Crippen LogP contribution in [0.25, 0.3) is 0 Å². The highest BCUT2D eigenvalue weighted by molar-refractivity contribution is 6.76. The molecule has 0 spiro atoms. The summed E-state index contributed by atoms with van der Waals surface area (Å²) in [7, 11) is -1.49. The van der Waals surface area contributed by atoms with Gasteiger partial charge in [0.1, 0.15) is 18.5 Å². The van der Waals surface area contributed by atoms with Crippen LogP contribution in [-0.4, -0.2) is 38.6 Å². The van der Waals surface area contributed by atoms with Gasteiger partial charge >= 0.3 is 7.12 Å². The van der Waals surface area contributed by atoms with E-state index in [1.165, 1.54) is 0 Å². The first kappa shape index (κ1) is 17.3. The Morgan fingerprint density at radius 2 is 2.18 bits per heavy atom. The zero-order valence-electron chi connectivity index (χ0n) is 14.2. The van der Waals surface area contributed by atoms with Crippen LogP contribution in [0.2, 0.25) is 25.7 Å². The topological polar surface area (TPSA) is 56.4 Å². The third-order valence-corrected chi connectivity index (χ3v) is 5.24. The van der Waals surface area contributed by atoms with E-state index in [4.69, 9.17) is 14.0 Å². The second-order valence-electron chi connectivity index (χ2n) is 7.61. The molecule has 120 valence electrons. The molecule has 1 aliphatic heterocycles. The number of hydrogen-bond acceptors (Lipinski definition) is 4. The molecule has 0 amide bonds. The van der Waals surface area contributed by atoms with Crippen LogP contribution in [0.4, 0.5) is 0 Å². The molecule has 0 radical (unpaired) electrons. The van der Waals surface area contributed by atoms with Gasteiger partial charge in [0.15, 0.2) is 0 Å². The van der Waals surface area contributed by atoms with E-state index in [0.29, 0.717) is 19.0 Å². The summed E-state index contributed by atoms with van der Waals surface area (Å²) < 4.78 is 19.0. The van der Waals surface area contributed by atoms with Crippen molar-refractivity contribution in [1.29, 1.82) is 5.26 Å². The zero-order chi connectivity index (χ0) is 16.4. The standard InChI is InChI=1S/C15H25BN2O3Si/c1-15(2)11-20-16(21-15)13-8-14(9-17)18(10-13)12-19-6-7-22(3,4)5/h8,10H,6-7,11-12H2,1-5H3. The van der Waals surface area contributed by atoms with Crippen molar-refractivity contribution in [2.24, 2.45) is 0 Å². The summed E-state index contributed by atoms with van der Waals surface area (Å²) in [6.07, 6.45) is 1.89. The Hall–Kier alpha value is -1.07. The monoisotopic (exact) mass is 320 g/mol. The normalized spacial score (nSPS) is 17.7. The SMILES string of the molecule is CC1(C)COB(c2cc(C#N)n(COCC[Si](C)(C)C)c2)O1. The molecule has 2 heterocycles. The molecule has 1 aliphatic rings. The molecule has 2 rings (SSSR count). The molecule has 0 aliphatic carbocycles. The molecule has 1 aromatic rings. The van der Waals surface area contributed by atoms with Crippen molar-refractivity contribution in [2.45, 2.75) is 51.9 Å². The lowest BCUT2D eigenvalue weighted by molar-refractivity contribution is 0.0870. The zero-order valence-corrected chi connectivity index (χ0v) is 15.2. The summed E-state index contributed by atoms with van der Waals surface area (Å²) in [5.41, 5.74) is 1.16. The van der Waals surface area contributed by atoms with Crippen LogP contribution in [0.1, 0.15) is 19.5 Å². The molecule has 0 bridgehead atoms. The second-order valence-corrected chi connectivity index (χ2v) is 13.2. The molecular formula is C15H25BN2O3Si. The molecule has 5 nitrogen and oxygen atoms in total. The van der Waals surface area contributed by atoms with Gasteiger partial charge in [0.25, 0.3) is 0 Å². The van der Waals surface area contributed by atoms with Crippen LogP contribution in [-0.2, 0) is 20.8 Å². The fourth-order valence-electron chi connectivity index (χ4n) is 2.20. The van der Waals surface area contributed by atoms with Crippen LogP contribution < -0.4 is 5.46 Å². The maximum absolute atomic E-state index is 9.26. The fourth-order valence-corrected chi connectivity index (χ4v) is 2.96. The first-order chi connectivity index (χ1) is 10.2. The maximum Gasteiger partial charge on any atom is 0.496 e. The van der Waals surface area contributed by atoms with Gasteiger partial charge in [-0.2, -0.15) is 5.26 Å². The number of rotatable bonds is 6. The van der Waals surface area contributed by atoms with Gasteiger partial charge in [-0.3, -0.25) is 0 Å². The molecule has 0 saturated carbocycles. The molecular weight excluding hydrogens is 295 g/mol. The van der Waals surface area contributed by atoms with Crippen molar-refractivity contribution in [3.63, 3.8) is 0 Å². The summed E-state index contributed by atoms with van der Waals surface area (Å²) >= 11 is 0. The minimum atomic E-state index is -1.09. The quantitative estimate of drug-likeness (QED) is 0.595. The number of ether oxygens (including phenoxy) is 1. The van der Waals surface area contributed by atoms with E-state index in [1.54, 1.807) is 0 Å². The summed E-state index contributed by atoms with van der Waals surface area (Å²) in [5, 5.41) is 9.26. The lowest BCUT2D eigenvalue weighted by atomic mass is 9.81. The third kappa shape index (κ3) is 4.72. The van der Waals surface area contributed by atoms with Crippen molar-refractivity contribution < 1.29 is 14.0 Å². The van der Waals surface area contributed by atoms with Gasteiger partial charge in [-0.05, 0) is 26.0 Å². The first-order valence-corrected chi connectivity index (χ1v) is 11.4. The molecule has 22 heavy (non-hydrogen) atoms. The number of hydrogen-bond donors (Lipinski definition) is 0. The third-order valence-electron chi connectivity index (χ3n) is 3.54. The van der Waals surface area contributed by atoms with Gasteiger partial charge in [0.05, 0.1) is 12.2 Å². The lowest BCUT2D eigenvalue weighted by Crippen LogP contribution is -2.33. The minimum Gasteiger partial charge on any atom is -0.404 e. The van der Waals surface area contributed by atoms with E-state index in [1.807, 2.05) is 30.7 Å². The molecule has 0 atom stereocenters. The van der Waals surface area contributed by atoms with Gasteiger partial charge in [0, 0.05) is 26.3 Å². The summed E-state index contributed by atoms with van der Waals surface area (Å²) in [6.45, 7) is 12.6. The van der Waals surface area contributed by atoms with Crippen LogP contribution in [0.3, 0.4) is 0 Å². The Bertz CT molecular complexity index is 560. The Morgan fingerprint density at radius 1 is 1.45 bits per heavy atom. The summed E-state index contributed by atoms with van der Waals surface area (Å²) in [4.78, 5) is 0. The fraction of sp³-hybridized carbons (Fsp3) is 0.667. The largest absolute Gasteiger partial charge is 0.496 e. The highest BCUT2D eigenvalue weighted by Crippen LogP contribution is 2.20. The molecule has 0 aromatic carbocycles. The van der Waals surface area contributed by atoms with Crippen molar-refractivity contribution in [1.82, 2.24) is 4.57 Å². The average molecular weight is 320 g/mol. The van der Waals surface area contributed by atoms with E-state index in [0.717, 1.165) is 18.1 Å². The van der Waals surface area contributed by atoms with Gasteiger partial charge in [-0.1, -0.05) is 19.6 Å². The van der Waals surface area contributed by atoms with Gasteiger partial charge < -0.3 is 18.6 Å². The van der Waals surface area contributed by atoms with Crippen molar-refractivity contribution >= 4 is 20.7 Å². The minimum absolute atomic E-state index is 0.284. The van der Waals surface area contributed by atoms with Crippen LogP contribution >= 0.6 is 0 Å². The van der Waals surface area contributed by atoms with Gasteiger partial charge in [0.2, 0.25) is 0 Å².